The normalized spacial score (nSPS) is 10.6. The van der Waals surface area contributed by atoms with Crippen LogP contribution in [0.3, 0.4) is 0 Å². The lowest BCUT2D eigenvalue weighted by molar-refractivity contribution is -0.112. The van der Waals surface area contributed by atoms with Gasteiger partial charge in [-0.2, -0.15) is 5.26 Å². The van der Waals surface area contributed by atoms with E-state index in [1.165, 1.54) is 48.7 Å². The number of nitriles is 1. The Labute approximate surface area is 149 Å². The topological polar surface area (TPSA) is 91.2 Å². The fraction of sp³-hybridized carbons (Fsp3) is 0.105. The molecule has 6 nitrogen and oxygen atoms in total. The third-order valence-electron chi connectivity index (χ3n) is 3.23. The minimum absolute atomic E-state index is 0.191. The van der Waals surface area contributed by atoms with Crippen LogP contribution in [0.1, 0.15) is 17.3 Å². The quantitative estimate of drug-likeness (QED) is 0.471. The Bertz CT molecular complexity index is 870. The van der Waals surface area contributed by atoms with E-state index in [1.54, 1.807) is 19.1 Å². The van der Waals surface area contributed by atoms with E-state index < -0.39 is 17.7 Å². The molecule has 0 saturated carbocycles. The number of anilines is 2. The van der Waals surface area contributed by atoms with Crippen LogP contribution in [0, 0.1) is 17.1 Å². The highest BCUT2D eigenvalue weighted by atomic mass is 19.1. The number of hydrogen-bond acceptors (Lipinski definition) is 5. The van der Waals surface area contributed by atoms with E-state index in [9.17, 15) is 14.0 Å². The molecule has 2 N–H and O–H groups in total. The standard InChI is InChI=1S/C19H16FN3O3/c1-2-26-19(25)13-6-8-16(9-7-13)23-18(24)14(11-21)12-22-17-5-3-4-15(20)10-17/h3-10,12,22H,2H2,1H3,(H,23,24)/b14-12-. The Hall–Kier alpha value is -3.66. The molecule has 0 atom stereocenters. The van der Waals surface area contributed by atoms with E-state index in [2.05, 4.69) is 10.6 Å². The second-order valence-corrected chi connectivity index (χ2v) is 5.08. The number of benzene rings is 2. The summed E-state index contributed by atoms with van der Waals surface area (Å²) in [5.74, 6) is -1.53. The average Bonchev–Trinajstić information content (AvgIpc) is 2.63. The zero-order valence-corrected chi connectivity index (χ0v) is 14.0. The molecule has 0 aliphatic heterocycles. The van der Waals surface area contributed by atoms with Gasteiger partial charge in [0.05, 0.1) is 12.2 Å². The molecule has 1 amide bonds. The van der Waals surface area contributed by atoms with E-state index in [0.717, 1.165) is 0 Å². The van der Waals surface area contributed by atoms with Crippen molar-refractivity contribution in [3.63, 3.8) is 0 Å². The Morgan fingerprint density at radius 3 is 2.54 bits per heavy atom. The number of hydrogen-bond donors (Lipinski definition) is 2. The predicted octanol–water partition coefficient (Wildman–Crippen LogP) is 3.46. The number of rotatable bonds is 6. The van der Waals surface area contributed by atoms with Crippen molar-refractivity contribution < 1.29 is 18.7 Å². The number of amides is 1. The molecule has 0 fully saturated rings. The van der Waals surface area contributed by atoms with Gasteiger partial charge >= 0.3 is 5.97 Å². The lowest BCUT2D eigenvalue weighted by atomic mass is 10.2. The van der Waals surface area contributed by atoms with Crippen molar-refractivity contribution in [2.24, 2.45) is 0 Å². The summed E-state index contributed by atoms with van der Waals surface area (Å²) in [5.41, 5.74) is 0.983. The maximum Gasteiger partial charge on any atom is 0.338 e. The second kappa shape index (κ2) is 8.99. The minimum Gasteiger partial charge on any atom is -0.462 e. The first-order valence-electron chi connectivity index (χ1n) is 7.74. The molecule has 7 heteroatoms. The number of nitrogens with one attached hydrogen (secondary N) is 2. The van der Waals surface area contributed by atoms with Crippen LogP contribution in [0.5, 0.6) is 0 Å². The fourth-order valence-corrected chi connectivity index (χ4v) is 1.98. The summed E-state index contributed by atoms with van der Waals surface area (Å²) in [5, 5.41) is 14.4. The van der Waals surface area contributed by atoms with Gasteiger partial charge < -0.3 is 15.4 Å². The Morgan fingerprint density at radius 2 is 1.92 bits per heavy atom. The van der Waals surface area contributed by atoms with Crippen molar-refractivity contribution in [2.45, 2.75) is 6.92 Å². The van der Waals surface area contributed by atoms with E-state index >= 15 is 0 Å². The van der Waals surface area contributed by atoms with Crippen LogP contribution < -0.4 is 10.6 Å². The van der Waals surface area contributed by atoms with Crippen molar-refractivity contribution in [1.82, 2.24) is 0 Å². The lowest BCUT2D eigenvalue weighted by Crippen LogP contribution is -2.14. The van der Waals surface area contributed by atoms with E-state index in [1.807, 2.05) is 0 Å². The van der Waals surface area contributed by atoms with Crippen LogP contribution in [-0.2, 0) is 9.53 Å². The van der Waals surface area contributed by atoms with Crippen LogP contribution >= 0.6 is 0 Å². The molecular formula is C19H16FN3O3. The first kappa shape index (κ1) is 18.7. The summed E-state index contributed by atoms with van der Waals surface area (Å²) in [6.07, 6.45) is 1.19. The molecular weight excluding hydrogens is 337 g/mol. The molecule has 26 heavy (non-hydrogen) atoms. The number of carbonyl (C=O) groups is 2. The molecule has 0 spiro atoms. The van der Waals surface area contributed by atoms with Crippen LogP contribution in [0.2, 0.25) is 0 Å². The summed E-state index contributed by atoms with van der Waals surface area (Å²) in [4.78, 5) is 23.7. The van der Waals surface area contributed by atoms with Gasteiger partial charge in [0.2, 0.25) is 0 Å². The van der Waals surface area contributed by atoms with E-state index in [-0.39, 0.29) is 12.2 Å². The van der Waals surface area contributed by atoms with E-state index in [4.69, 9.17) is 10.00 Å². The minimum atomic E-state index is -0.639. The Balaban J connectivity index is 2.03. The molecule has 2 rings (SSSR count). The third-order valence-corrected chi connectivity index (χ3v) is 3.23. The number of esters is 1. The molecule has 2 aromatic rings. The van der Waals surface area contributed by atoms with Crippen molar-refractivity contribution in [2.75, 3.05) is 17.2 Å². The zero-order valence-electron chi connectivity index (χ0n) is 14.0. The fourth-order valence-electron chi connectivity index (χ4n) is 1.98. The van der Waals surface area contributed by atoms with Gasteiger partial charge in [-0.25, -0.2) is 9.18 Å². The molecule has 0 saturated heterocycles. The molecule has 0 aliphatic carbocycles. The van der Waals surface area contributed by atoms with Gasteiger partial charge in [0.25, 0.3) is 5.91 Å². The molecule has 0 unspecified atom stereocenters. The summed E-state index contributed by atoms with van der Waals surface area (Å²) in [7, 11) is 0. The van der Waals surface area contributed by atoms with Gasteiger partial charge in [-0.05, 0) is 49.4 Å². The molecule has 0 aromatic heterocycles. The maximum atomic E-state index is 13.1. The van der Waals surface area contributed by atoms with Crippen LogP contribution in [0.15, 0.2) is 60.3 Å². The molecule has 0 heterocycles. The summed E-state index contributed by atoms with van der Waals surface area (Å²) >= 11 is 0. The summed E-state index contributed by atoms with van der Waals surface area (Å²) in [6, 6.07) is 13.5. The highest BCUT2D eigenvalue weighted by Gasteiger charge is 2.11. The van der Waals surface area contributed by atoms with Crippen LogP contribution in [0.4, 0.5) is 15.8 Å². The number of carbonyl (C=O) groups excluding carboxylic acids is 2. The van der Waals surface area contributed by atoms with Gasteiger partial charge in [0.15, 0.2) is 0 Å². The predicted molar refractivity (Wildman–Crippen MR) is 94.7 cm³/mol. The van der Waals surface area contributed by atoms with Gasteiger partial charge in [-0.3, -0.25) is 4.79 Å². The molecule has 0 bridgehead atoms. The monoisotopic (exact) mass is 353 g/mol. The van der Waals surface area contributed by atoms with Crippen molar-refractivity contribution in [3.8, 4) is 6.07 Å². The summed E-state index contributed by atoms with van der Waals surface area (Å²) in [6.45, 7) is 1.98. The van der Waals surface area contributed by atoms with Crippen LogP contribution in [-0.4, -0.2) is 18.5 Å². The van der Waals surface area contributed by atoms with Crippen molar-refractivity contribution in [1.29, 1.82) is 5.26 Å². The smallest absolute Gasteiger partial charge is 0.338 e. The van der Waals surface area contributed by atoms with Gasteiger partial charge in [-0.15, -0.1) is 0 Å². The molecule has 132 valence electrons. The zero-order chi connectivity index (χ0) is 18.9. The van der Waals surface area contributed by atoms with Gasteiger partial charge in [-0.1, -0.05) is 6.07 Å². The third kappa shape index (κ3) is 5.18. The summed E-state index contributed by atoms with van der Waals surface area (Å²) < 4.78 is 18.0. The maximum absolute atomic E-state index is 13.1. The number of ether oxygens (including phenoxy) is 1. The van der Waals surface area contributed by atoms with Gasteiger partial charge in [0, 0.05) is 17.6 Å². The van der Waals surface area contributed by atoms with Crippen LogP contribution in [0.25, 0.3) is 0 Å². The SMILES string of the molecule is CCOC(=O)c1ccc(NC(=O)/C(C#N)=C\Nc2cccc(F)c2)cc1. The number of halogens is 1. The highest BCUT2D eigenvalue weighted by Crippen LogP contribution is 2.13. The molecule has 2 aromatic carbocycles. The Morgan fingerprint density at radius 1 is 1.19 bits per heavy atom. The first-order valence-corrected chi connectivity index (χ1v) is 7.74. The second-order valence-electron chi connectivity index (χ2n) is 5.08. The van der Waals surface area contributed by atoms with Crippen molar-refractivity contribution >= 4 is 23.3 Å². The lowest BCUT2D eigenvalue weighted by Gasteiger charge is -2.06. The Kier molecular flexibility index (Phi) is 6.46. The molecule has 0 aliphatic rings. The largest absolute Gasteiger partial charge is 0.462 e. The first-order chi connectivity index (χ1) is 12.5. The molecule has 0 radical (unpaired) electrons. The van der Waals surface area contributed by atoms with Gasteiger partial charge in [0.1, 0.15) is 17.5 Å². The van der Waals surface area contributed by atoms with Crippen molar-refractivity contribution in [3.05, 3.63) is 71.7 Å². The average molecular weight is 353 g/mol. The number of nitrogens with zero attached hydrogens (tertiary/aromatic N) is 1. The highest BCUT2D eigenvalue weighted by molar-refractivity contribution is 6.06. The van der Waals surface area contributed by atoms with E-state index in [0.29, 0.717) is 16.9 Å².